The molecule has 3 aliphatic rings. The van der Waals surface area contributed by atoms with Gasteiger partial charge in [0.2, 0.25) is 0 Å². The molecule has 36 heavy (non-hydrogen) atoms. The highest BCUT2D eigenvalue weighted by Crippen LogP contribution is 2.49. The number of halogens is 1. The van der Waals surface area contributed by atoms with E-state index < -0.39 is 5.92 Å². The van der Waals surface area contributed by atoms with E-state index in [0.29, 0.717) is 71.8 Å². The van der Waals surface area contributed by atoms with Crippen molar-refractivity contribution in [3.05, 3.63) is 94.2 Å². The number of carbonyl (C=O) groups excluding carboxylic acids is 2. The van der Waals surface area contributed by atoms with E-state index in [1.54, 1.807) is 31.4 Å². The van der Waals surface area contributed by atoms with Crippen LogP contribution in [0, 0.1) is 5.82 Å². The maximum Gasteiger partial charge on any atom is 0.165 e. The third-order valence-electron chi connectivity index (χ3n) is 7.04. The molecule has 0 unspecified atom stereocenters. The van der Waals surface area contributed by atoms with E-state index in [1.807, 2.05) is 12.1 Å². The van der Waals surface area contributed by atoms with E-state index in [1.165, 1.54) is 6.07 Å². The molecule has 0 fully saturated rings. The van der Waals surface area contributed by atoms with Gasteiger partial charge in [-0.05, 0) is 37.0 Å². The molecular formula is C30H29FO5. The minimum absolute atomic E-state index is 0.0234. The van der Waals surface area contributed by atoms with E-state index in [-0.39, 0.29) is 24.0 Å². The number of carbonyl (C=O) groups is 2. The highest BCUT2D eigenvalue weighted by molar-refractivity contribution is 6.05. The van der Waals surface area contributed by atoms with Gasteiger partial charge in [-0.2, -0.15) is 0 Å². The van der Waals surface area contributed by atoms with Crippen LogP contribution in [-0.4, -0.2) is 18.7 Å². The van der Waals surface area contributed by atoms with Crippen molar-refractivity contribution in [3.8, 4) is 11.5 Å². The normalized spacial score (nSPS) is 17.9. The van der Waals surface area contributed by atoms with Gasteiger partial charge in [0.15, 0.2) is 23.1 Å². The number of rotatable bonds is 7. The second kappa shape index (κ2) is 10.1. The fourth-order valence-electron chi connectivity index (χ4n) is 5.39. The molecule has 0 atom stereocenters. The van der Waals surface area contributed by atoms with Gasteiger partial charge in [-0.15, -0.1) is 6.58 Å². The van der Waals surface area contributed by atoms with Crippen molar-refractivity contribution in [2.24, 2.45) is 0 Å². The van der Waals surface area contributed by atoms with Gasteiger partial charge in [-0.1, -0.05) is 30.3 Å². The Bertz CT molecular complexity index is 1260. The van der Waals surface area contributed by atoms with Crippen molar-refractivity contribution in [1.29, 1.82) is 0 Å². The van der Waals surface area contributed by atoms with Crippen LogP contribution < -0.4 is 9.47 Å². The highest BCUT2D eigenvalue weighted by atomic mass is 19.1. The van der Waals surface area contributed by atoms with Gasteiger partial charge in [0.25, 0.3) is 0 Å². The molecule has 2 aromatic carbocycles. The summed E-state index contributed by atoms with van der Waals surface area (Å²) in [5.41, 5.74) is 3.18. The Morgan fingerprint density at radius 3 is 2.28 bits per heavy atom. The fraction of sp³-hybridized carbons (Fsp3) is 0.333. The molecule has 1 heterocycles. The van der Waals surface area contributed by atoms with Crippen LogP contribution in [0.3, 0.4) is 0 Å². The molecule has 0 aromatic heterocycles. The molecule has 0 saturated carbocycles. The monoisotopic (exact) mass is 488 g/mol. The smallest absolute Gasteiger partial charge is 0.165 e. The number of hydrogen-bond acceptors (Lipinski definition) is 5. The topological polar surface area (TPSA) is 61.8 Å². The predicted molar refractivity (Wildman–Crippen MR) is 133 cm³/mol. The predicted octanol–water partition coefficient (Wildman–Crippen LogP) is 6.27. The van der Waals surface area contributed by atoms with Crippen molar-refractivity contribution in [1.82, 2.24) is 0 Å². The SMILES string of the molecule is C=CCc1cc(C2C3=C(CCCC3=O)OC3=C2C(=O)CCC3)cc(OC)c1OCc1ccccc1F. The molecule has 2 aliphatic carbocycles. The average molecular weight is 489 g/mol. The van der Waals surface area contributed by atoms with Gasteiger partial charge in [-0.3, -0.25) is 9.59 Å². The van der Waals surface area contributed by atoms with Crippen molar-refractivity contribution in [3.63, 3.8) is 0 Å². The van der Waals surface area contributed by atoms with E-state index >= 15 is 0 Å². The minimum atomic E-state index is -0.498. The first-order valence-electron chi connectivity index (χ1n) is 12.4. The number of hydrogen-bond donors (Lipinski definition) is 0. The molecule has 0 amide bonds. The first-order valence-corrected chi connectivity index (χ1v) is 12.4. The van der Waals surface area contributed by atoms with E-state index in [4.69, 9.17) is 14.2 Å². The number of ether oxygens (including phenoxy) is 3. The molecule has 2 aromatic rings. The number of benzene rings is 2. The maximum atomic E-state index is 14.2. The number of methoxy groups -OCH3 is 1. The second-order valence-corrected chi connectivity index (χ2v) is 9.35. The summed E-state index contributed by atoms with van der Waals surface area (Å²) < 4.78 is 32.2. The Morgan fingerprint density at radius 2 is 1.67 bits per heavy atom. The van der Waals surface area contributed by atoms with Crippen molar-refractivity contribution < 1.29 is 28.2 Å². The third-order valence-corrected chi connectivity index (χ3v) is 7.04. The summed E-state index contributed by atoms with van der Waals surface area (Å²) in [5.74, 6) is 1.54. The molecule has 0 spiro atoms. The van der Waals surface area contributed by atoms with Crippen LogP contribution in [0.15, 0.2) is 71.7 Å². The highest BCUT2D eigenvalue weighted by Gasteiger charge is 2.42. The Morgan fingerprint density at radius 1 is 1.00 bits per heavy atom. The maximum absolute atomic E-state index is 14.2. The van der Waals surface area contributed by atoms with Crippen LogP contribution in [0.2, 0.25) is 0 Å². The lowest BCUT2D eigenvalue weighted by Gasteiger charge is -2.36. The lowest BCUT2D eigenvalue weighted by Crippen LogP contribution is -2.30. The zero-order valence-electron chi connectivity index (χ0n) is 20.4. The quantitative estimate of drug-likeness (QED) is 0.430. The molecule has 0 saturated heterocycles. The Kier molecular flexibility index (Phi) is 6.77. The van der Waals surface area contributed by atoms with Gasteiger partial charge in [0.05, 0.1) is 7.11 Å². The summed E-state index contributed by atoms with van der Waals surface area (Å²) in [7, 11) is 1.55. The molecule has 5 nitrogen and oxygen atoms in total. The van der Waals surface area contributed by atoms with Crippen LogP contribution in [0.4, 0.5) is 4.39 Å². The first-order chi connectivity index (χ1) is 17.5. The van der Waals surface area contributed by atoms with E-state index in [0.717, 1.165) is 24.0 Å². The molecule has 1 aliphatic heterocycles. The number of Topliss-reactive ketones (excluding diaryl/α,β-unsaturated/α-hetero) is 2. The number of allylic oxidation sites excluding steroid dienone is 5. The molecular weight excluding hydrogens is 459 g/mol. The van der Waals surface area contributed by atoms with Crippen LogP contribution in [0.25, 0.3) is 0 Å². The molecule has 0 radical (unpaired) electrons. The summed E-state index contributed by atoms with van der Waals surface area (Å²) in [6.07, 6.45) is 5.97. The summed E-state index contributed by atoms with van der Waals surface area (Å²) in [5, 5.41) is 0. The molecule has 0 N–H and O–H groups in total. The lowest BCUT2D eigenvalue weighted by molar-refractivity contribution is -0.117. The molecule has 5 rings (SSSR count). The van der Waals surface area contributed by atoms with E-state index in [2.05, 4.69) is 6.58 Å². The number of ketones is 2. The Labute approximate surface area is 210 Å². The standard InChI is InChI=1S/C30H29FO5/c1-3-8-18-15-20(16-26(34-2)30(18)35-17-19-9-4-5-10-21(19)31)27-28-22(32)11-6-13-24(28)36-25-14-7-12-23(33)29(25)27/h3-5,9-10,15-16,27H,1,6-8,11-14,17H2,2H3. The van der Waals surface area contributed by atoms with Gasteiger partial charge in [-0.25, -0.2) is 4.39 Å². The minimum Gasteiger partial charge on any atom is -0.493 e. The summed E-state index contributed by atoms with van der Waals surface area (Å²) in [6.45, 7) is 3.91. The molecule has 0 bridgehead atoms. The van der Waals surface area contributed by atoms with Crippen LogP contribution in [0.1, 0.15) is 61.1 Å². The zero-order valence-corrected chi connectivity index (χ0v) is 20.4. The largest absolute Gasteiger partial charge is 0.493 e. The second-order valence-electron chi connectivity index (χ2n) is 9.35. The third kappa shape index (κ3) is 4.36. The fourth-order valence-corrected chi connectivity index (χ4v) is 5.39. The van der Waals surface area contributed by atoms with Crippen LogP contribution in [-0.2, 0) is 27.4 Å². The molecule has 186 valence electrons. The zero-order chi connectivity index (χ0) is 25.2. The average Bonchev–Trinajstić information content (AvgIpc) is 2.88. The van der Waals surface area contributed by atoms with Gasteiger partial charge in [0, 0.05) is 53.9 Å². The van der Waals surface area contributed by atoms with Crippen LogP contribution in [0.5, 0.6) is 11.5 Å². The Hall–Kier alpha value is -3.67. The van der Waals surface area contributed by atoms with Gasteiger partial charge >= 0.3 is 0 Å². The summed E-state index contributed by atoms with van der Waals surface area (Å²) in [6, 6.07) is 10.3. The van der Waals surface area contributed by atoms with Gasteiger partial charge < -0.3 is 14.2 Å². The first kappa shape index (κ1) is 24.0. The van der Waals surface area contributed by atoms with Crippen LogP contribution >= 0.6 is 0 Å². The van der Waals surface area contributed by atoms with Gasteiger partial charge in [0.1, 0.15) is 23.9 Å². The van der Waals surface area contributed by atoms with Crippen molar-refractivity contribution in [2.75, 3.05) is 7.11 Å². The summed E-state index contributed by atoms with van der Waals surface area (Å²) >= 11 is 0. The van der Waals surface area contributed by atoms with Crippen molar-refractivity contribution in [2.45, 2.75) is 57.5 Å². The van der Waals surface area contributed by atoms with Crippen molar-refractivity contribution >= 4 is 11.6 Å². The van der Waals surface area contributed by atoms with E-state index in [9.17, 15) is 14.0 Å². The summed E-state index contributed by atoms with van der Waals surface area (Å²) in [4.78, 5) is 26.3. The molecule has 6 heteroatoms. The Balaban J connectivity index is 1.61. The lowest BCUT2D eigenvalue weighted by atomic mass is 9.73.